The molecule has 2 aromatic carbocycles. The van der Waals surface area contributed by atoms with E-state index in [9.17, 15) is 4.79 Å². The van der Waals surface area contributed by atoms with Crippen LogP contribution >= 0.6 is 0 Å². The lowest BCUT2D eigenvalue weighted by Crippen LogP contribution is -2.23. The maximum atomic E-state index is 12.5. The molecule has 0 aliphatic heterocycles. The quantitative estimate of drug-likeness (QED) is 0.786. The molecule has 0 spiro atoms. The van der Waals surface area contributed by atoms with Crippen LogP contribution in [0.1, 0.15) is 18.5 Å². The average molecular weight is 308 g/mol. The molecule has 3 aromatic rings. The standard InChI is InChI=1S/C19H20N2O2/c1-13-4-9-18-15(12-13)10-11-21(18)14(2)19(22)20-16-5-7-17(23-3)8-6-16/h4-12,14H,1-3H3,(H,20,22). The van der Waals surface area contributed by atoms with Crippen molar-refractivity contribution in [2.45, 2.75) is 19.9 Å². The summed E-state index contributed by atoms with van der Waals surface area (Å²) in [6.07, 6.45) is 1.96. The van der Waals surface area contributed by atoms with Crippen LogP contribution in [0.25, 0.3) is 10.9 Å². The van der Waals surface area contributed by atoms with E-state index in [4.69, 9.17) is 4.74 Å². The molecule has 1 aromatic heterocycles. The highest BCUT2D eigenvalue weighted by molar-refractivity contribution is 5.95. The van der Waals surface area contributed by atoms with Crippen LogP contribution < -0.4 is 10.1 Å². The third-order valence-corrected chi connectivity index (χ3v) is 4.03. The number of aromatic nitrogens is 1. The Morgan fingerprint density at radius 3 is 2.57 bits per heavy atom. The molecule has 0 aliphatic carbocycles. The lowest BCUT2D eigenvalue weighted by Gasteiger charge is -2.15. The van der Waals surface area contributed by atoms with Gasteiger partial charge in [-0.3, -0.25) is 4.79 Å². The van der Waals surface area contributed by atoms with Crippen molar-refractivity contribution >= 4 is 22.5 Å². The van der Waals surface area contributed by atoms with E-state index in [1.807, 2.05) is 48.0 Å². The Bertz CT molecular complexity index is 834. The summed E-state index contributed by atoms with van der Waals surface area (Å²) in [5, 5.41) is 4.09. The fraction of sp³-hybridized carbons (Fsp3) is 0.211. The number of amides is 1. The molecule has 0 radical (unpaired) electrons. The van der Waals surface area contributed by atoms with Gasteiger partial charge in [0.05, 0.1) is 7.11 Å². The second-order valence-corrected chi connectivity index (χ2v) is 5.68. The SMILES string of the molecule is COc1ccc(NC(=O)C(C)n2ccc3cc(C)ccc32)cc1. The van der Waals surface area contributed by atoms with Gasteiger partial charge in [0.1, 0.15) is 11.8 Å². The fourth-order valence-corrected chi connectivity index (χ4v) is 2.67. The van der Waals surface area contributed by atoms with Gasteiger partial charge < -0.3 is 14.6 Å². The molecule has 0 saturated carbocycles. The summed E-state index contributed by atoms with van der Waals surface area (Å²) in [6, 6.07) is 15.3. The second-order valence-electron chi connectivity index (χ2n) is 5.68. The molecule has 4 nitrogen and oxygen atoms in total. The van der Waals surface area contributed by atoms with Gasteiger partial charge in [-0.25, -0.2) is 0 Å². The van der Waals surface area contributed by atoms with Crippen molar-refractivity contribution in [2.24, 2.45) is 0 Å². The monoisotopic (exact) mass is 308 g/mol. The molecule has 0 fully saturated rings. The molecule has 1 unspecified atom stereocenters. The van der Waals surface area contributed by atoms with Crippen LogP contribution in [0.2, 0.25) is 0 Å². The van der Waals surface area contributed by atoms with E-state index in [0.29, 0.717) is 0 Å². The lowest BCUT2D eigenvalue weighted by atomic mass is 10.2. The molecule has 4 heteroatoms. The highest BCUT2D eigenvalue weighted by Gasteiger charge is 2.16. The molecule has 118 valence electrons. The zero-order valence-electron chi connectivity index (χ0n) is 13.5. The van der Waals surface area contributed by atoms with E-state index >= 15 is 0 Å². The maximum Gasteiger partial charge on any atom is 0.247 e. The van der Waals surface area contributed by atoms with E-state index in [0.717, 1.165) is 22.3 Å². The van der Waals surface area contributed by atoms with E-state index in [1.165, 1.54) is 5.56 Å². The van der Waals surface area contributed by atoms with Crippen molar-refractivity contribution in [3.05, 3.63) is 60.3 Å². The maximum absolute atomic E-state index is 12.5. The van der Waals surface area contributed by atoms with Crippen molar-refractivity contribution in [3.63, 3.8) is 0 Å². The number of ether oxygens (including phenoxy) is 1. The minimum Gasteiger partial charge on any atom is -0.497 e. The summed E-state index contributed by atoms with van der Waals surface area (Å²) in [4.78, 5) is 12.5. The minimum atomic E-state index is -0.294. The van der Waals surface area contributed by atoms with Crippen LogP contribution in [0, 0.1) is 6.92 Å². The molecule has 1 amide bonds. The first-order valence-corrected chi connectivity index (χ1v) is 7.60. The van der Waals surface area contributed by atoms with E-state index in [2.05, 4.69) is 30.4 Å². The number of benzene rings is 2. The molecule has 1 heterocycles. The van der Waals surface area contributed by atoms with Gasteiger partial charge in [0.25, 0.3) is 0 Å². The summed E-state index contributed by atoms with van der Waals surface area (Å²) in [7, 11) is 1.62. The van der Waals surface area contributed by atoms with Gasteiger partial charge in [0, 0.05) is 17.4 Å². The molecule has 3 rings (SSSR count). The Balaban J connectivity index is 1.80. The Morgan fingerprint density at radius 1 is 1.13 bits per heavy atom. The van der Waals surface area contributed by atoms with Crippen LogP contribution in [0.4, 0.5) is 5.69 Å². The number of fused-ring (bicyclic) bond motifs is 1. The van der Waals surface area contributed by atoms with Crippen LogP contribution in [0.15, 0.2) is 54.7 Å². The predicted octanol–water partition coefficient (Wildman–Crippen LogP) is 4.16. The lowest BCUT2D eigenvalue weighted by molar-refractivity contribution is -0.118. The van der Waals surface area contributed by atoms with E-state index in [-0.39, 0.29) is 11.9 Å². The number of anilines is 1. The largest absolute Gasteiger partial charge is 0.497 e. The van der Waals surface area contributed by atoms with E-state index < -0.39 is 0 Å². The van der Waals surface area contributed by atoms with Gasteiger partial charge in [0.15, 0.2) is 0 Å². The van der Waals surface area contributed by atoms with Crippen LogP contribution in [0.5, 0.6) is 5.75 Å². The predicted molar refractivity (Wildman–Crippen MR) is 93.0 cm³/mol. The second kappa shape index (κ2) is 6.16. The van der Waals surface area contributed by atoms with Crippen molar-refractivity contribution < 1.29 is 9.53 Å². The van der Waals surface area contributed by atoms with Gasteiger partial charge in [-0.15, -0.1) is 0 Å². The highest BCUT2D eigenvalue weighted by atomic mass is 16.5. The number of nitrogens with one attached hydrogen (secondary N) is 1. The van der Waals surface area contributed by atoms with Crippen molar-refractivity contribution in [2.75, 3.05) is 12.4 Å². The number of aryl methyl sites for hydroxylation is 1. The van der Waals surface area contributed by atoms with Gasteiger partial charge in [0.2, 0.25) is 5.91 Å². The number of hydrogen-bond donors (Lipinski definition) is 1. The Labute approximate surface area is 135 Å². The van der Waals surface area contributed by atoms with Gasteiger partial charge in [-0.05, 0) is 61.7 Å². The molecule has 0 saturated heterocycles. The summed E-state index contributed by atoms with van der Waals surface area (Å²) < 4.78 is 7.12. The zero-order valence-corrected chi connectivity index (χ0v) is 13.5. The molecular weight excluding hydrogens is 288 g/mol. The molecule has 0 aliphatic rings. The number of nitrogens with zero attached hydrogens (tertiary/aromatic N) is 1. The summed E-state index contributed by atoms with van der Waals surface area (Å²) in [5.74, 6) is 0.719. The molecule has 1 atom stereocenters. The molecule has 1 N–H and O–H groups in total. The van der Waals surface area contributed by atoms with Gasteiger partial charge >= 0.3 is 0 Å². The average Bonchev–Trinajstić information content (AvgIpc) is 2.97. The van der Waals surface area contributed by atoms with Crippen LogP contribution in [-0.2, 0) is 4.79 Å². The number of carbonyl (C=O) groups excluding carboxylic acids is 1. The summed E-state index contributed by atoms with van der Waals surface area (Å²) >= 11 is 0. The fourth-order valence-electron chi connectivity index (χ4n) is 2.67. The first-order valence-electron chi connectivity index (χ1n) is 7.60. The Hall–Kier alpha value is -2.75. The highest BCUT2D eigenvalue weighted by Crippen LogP contribution is 2.23. The third-order valence-electron chi connectivity index (χ3n) is 4.03. The van der Waals surface area contributed by atoms with Crippen molar-refractivity contribution in [3.8, 4) is 5.75 Å². The van der Waals surface area contributed by atoms with Crippen molar-refractivity contribution in [1.29, 1.82) is 0 Å². The third kappa shape index (κ3) is 3.06. The number of hydrogen-bond acceptors (Lipinski definition) is 2. The van der Waals surface area contributed by atoms with Crippen LogP contribution in [0.3, 0.4) is 0 Å². The minimum absolute atomic E-state index is 0.0479. The molecule has 0 bridgehead atoms. The number of rotatable bonds is 4. The first kappa shape index (κ1) is 15.2. The Kier molecular flexibility index (Phi) is 4.06. The topological polar surface area (TPSA) is 43.3 Å². The molecule has 23 heavy (non-hydrogen) atoms. The summed E-state index contributed by atoms with van der Waals surface area (Å²) in [5.41, 5.74) is 3.04. The Morgan fingerprint density at radius 2 is 1.87 bits per heavy atom. The van der Waals surface area contributed by atoms with Crippen LogP contribution in [-0.4, -0.2) is 17.6 Å². The zero-order chi connectivity index (χ0) is 16.4. The van der Waals surface area contributed by atoms with Gasteiger partial charge in [-0.2, -0.15) is 0 Å². The van der Waals surface area contributed by atoms with Crippen molar-refractivity contribution in [1.82, 2.24) is 4.57 Å². The summed E-state index contributed by atoms with van der Waals surface area (Å²) in [6.45, 7) is 3.97. The number of methoxy groups -OCH3 is 1. The smallest absolute Gasteiger partial charge is 0.247 e. The van der Waals surface area contributed by atoms with Gasteiger partial charge in [-0.1, -0.05) is 11.6 Å². The first-order chi connectivity index (χ1) is 11.1. The molecular formula is C19H20N2O2. The normalized spacial score (nSPS) is 12.1. The number of carbonyl (C=O) groups is 1. The van der Waals surface area contributed by atoms with E-state index in [1.54, 1.807) is 7.11 Å².